The second-order valence-electron chi connectivity index (χ2n) is 3.70. The van der Waals surface area contributed by atoms with Crippen molar-refractivity contribution in [3.63, 3.8) is 0 Å². The number of carbonyl (C=O) groups excluding carboxylic acids is 2. The Morgan fingerprint density at radius 3 is 2.44 bits per heavy atom. The lowest BCUT2D eigenvalue weighted by atomic mass is 10.2. The number of rotatable bonds is 8. The van der Waals surface area contributed by atoms with Gasteiger partial charge in [0.25, 0.3) is 0 Å². The van der Waals surface area contributed by atoms with Gasteiger partial charge in [-0.05, 0) is 26.4 Å². The summed E-state index contributed by atoms with van der Waals surface area (Å²) in [6.07, 6.45) is 2.18. The van der Waals surface area contributed by atoms with E-state index in [1.54, 1.807) is 11.9 Å². The smallest absolute Gasteiger partial charge is 0.239 e. The average molecular weight is 229 g/mol. The SMILES string of the molecule is CCCN(CC(=O)NC)C(=O)CCCNC. The molecule has 0 atom stereocenters. The highest BCUT2D eigenvalue weighted by Gasteiger charge is 2.14. The summed E-state index contributed by atoms with van der Waals surface area (Å²) in [5, 5.41) is 5.53. The van der Waals surface area contributed by atoms with Gasteiger partial charge in [-0.3, -0.25) is 9.59 Å². The molecule has 5 nitrogen and oxygen atoms in total. The normalized spacial score (nSPS) is 9.94. The predicted octanol–water partition coefficient (Wildman–Crippen LogP) is -0.0294. The number of nitrogens with zero attached hydrogens (tertiary/aromatic N) is 1. The van der Waals surface area contributed by atoms with Crippen molar-refractivity contribution < 1.29 is 9.59 Å². The van der Waals surface area contributed by atoms with E-state index in [-0.39, 0.29) is 18.4 Å². The van der Waals surface area contributed by atoms with Crippen molar-refractivity contribution in [2.75, 3.05) is 33.7 Å². The Balaban J connectivity index is 4.07. The molecule has 0 heterocycles. The molecular weight excluding hydrogens is 206 g/mol. The van der Waals surface area contributed by atoms with Crippen molar-refractivity contribution >= 4 is 11.8 Å². The van der Waals surface area contributed by atoms with E-state index in [1.165, 1.54) is 0 Å². The molecule has 5 heteroatoms. The fourth-order valence-corrected chi connectivity index (χ4v) is 1.39. The van der Waals surface area contributed by atoms with Gasteiger partial charge in [0.2, 0.25) is 11.8 Å². The lowest BCUT2D eigenvalue weighted by molar-refractivity contribution is -0.136. The summed E-state index contributed by atoms with van der Waals surface area (Å²) < 4.78 is 0. The van der Waals surface area contributed by atoms with Crippen molar-refractivity contribution in [2.45, 2.75) is 26.2 Å². The van der Waals surface area contributed by atoms with Gasteiger partial charge in [0, 0.05) is 20.0 Å². The molecule has 0 aliphatic heterocycles. The Hall–Kier alpha value is -1.10. The molecule has 0 rings (SSSR count). The van der Waals surface area contributed by atoms with E-state index in [1.807, 2.05) is 14.0 Å². The molecule has 0 unspecified atom stereocenters. The summed E-state index contributed by atoms with van der Waals surface area (Å²) in [6.45, 7) is 3.64. The van der Waals surface area contributed by atoms with Crippen LogP contribution in [0, 0.1) is 0 Å². The first-order chi connectivity index (χ1) is 7.65. The molecule has 0 aromatic carbocycles. The Kier molecular flexibility index (Phi) is 8.52. The maximum atomic E-state index is 11.8. The first-order valence-electron chi connectivity index (χ1n) is 5.78. The molecule has 0 saturated carbocycles. The molecule has 0 fully saturated rings. The van der Waals surface area contributed by atoms with Crippen molar-refractivity contribution in [3.8, 4) is 0 Å². The quantitative estimate of drug-likeness (QED) is 0.575. The van der Waals surface area contributed by atoms with Crippen LogP contribution in [0.25, 0.3) is 0 Å². The van der Waals surface area contributed by atoms with Crippen LogP contribution in [0.15, 0.2) is 0 Å². The lowest BCUT2D eigenvalue weighted by Gasteiger charge is -2.21. The summed E-state index contributed by atoms with van der Waals surface area (Å²) in [6, 6.07) is 0. The van der Waals surface area contributed by atoms with Gasteiger partial charge in [0.15, 0.2) is 0 Å². The van der Waals surface area contributed by atoms with Crippen molar-refractivity contribution in [2.24, 2.45) is 0 Å². The van der Waals surface area contributed by atoms with Crippen LogP contribution in [0.3, 0.4) is 0 Å². The van der Waals surface area contributed by atoms with Gasteiger partial charge in [-0.2, -0.15) is 0 Å². The Bertz CT molecular complexity index is 219. The molecule has 0 aliphatic rings. The molecule has 0 spiro atoms. The molecule has 0 radical (unpaired) electrons. The van der Waals surface area contributed by atoms with Crippen LogP contribution >= 0.6 is 0 Å². The number of hydrogen-bond donors (Lipinski definition) is 2. The van der Waals surface area contributed by atoms with E-state index >= 15 is 0 Å². The van der Waals surface area contributed by atoms with Crippen LogP contribution in [0.1, 0.15) is 26.2 Å². The van der Waals surface area contributed by atoms with Gasteiger partial charge < -0.3 is 15.5 Å². The molecule has 0 aromatic heterocycles. The Morgan fingerprint density at radius 2 is 1.94 bits per heavy atom. The van der Waals surface area contributed by atoms with Crippen LogP contribution in [-0.4, -0.2) is 50.4 Å². The molecule has 94 valence electrons. The van der Waals surface area contributed by atoms with E-state index in [9.17, 15) is 9.59 Å². The third kappa shape index (κ3) is 6.40. The molecule has 0 bridgehead atoms. The summed E-state index contributed by atoms with van der Waals surface area (Å²) in [4.78, 5) is 24.6. The zero-order chi connectivity index (χ0) is 12.4. The lowest BCUT2D eigenvalue weighted by Crippen LogP contribution is -2.40. The third-order valence-electron chi connectivity index (χ3n) is 2.28. The predicted molar refractivity (Wildman–Crippen MR) is 64.1 cm³/mol. The van der Waals surface area contributed by atoms with Crippen LogP contribution in [0.4, 0.5) is 0 Å². The highest BCUT2D eigenvalue weighted by atomic mass is 16.2. The van der Waals surface area contributed by atoms with Gasteiger partial charge in [-0.25, -0.2) is 0 Å². The first kappa shape index (κ1) is 14.9. The highest BCUT2D eigenvalue weighted by Crippen LogP contribution is 1.99. The molecule has 0 aromatic rings. The Morgan fingerprint density at radius 1 is 1.25 bits per heavy atom. The monoisotopic (exact) mass is 229 g/mol. The standard InChI is InChI=1S/C11H23N3O2/c1-4-8-14(9-10(15)13-3)11(16)6-5-7-12-2/h12H,4-9H2,1-3H3,(H,13,15). The summed E-state index contributed by atoms with van der Waals surface area (Å²) in [5.41, 5.74) is 0. The fourth-order valence-electron chi connectivity index (χ4n) is 1.39. The van der Waals surface area contributed by atoms with E-state index in [0.29, 0.717) is 13.0 Å². The van der Waals surface area contributed by atoms with Crippen molar-refractivity contribution in [1.29, 1.82) is 0 Å². The minimum atomic E-state index is -0.115. The van der Waals surface area contributed by atoms with Crippen LogP contribution in [0.5, 0.6) is 0 Å². The van der Waals surface area contributed by atoms with E-state index in [0.717, 1.165) is 19.4 Å². The zero-order valence-corrected chi connectivity index (χ0v) is 10.5. The summed E-state index contributed by atoms with van der Waals surface area (Å²) >= 11 is 0. The highest BCUT2D eigenvalue weighted by molar-refractivity contribution is 5.84. The maximum Gasteiger partial charge on any atom is 0.239 e. The molecule has 2 amide bonds. The van der Waals surface area contributed by atoms with Crippen molar-refractivity contribution in [1.82, 2.24) is 15.5 Å². The molecule has 0 aliphatic carbocycles. The van der Waals surface area contributed by atoms with E-state index < -0.39 is 0 Å². The molecular formula is C11H23N3O2. The molecule has 16 heavy (non-hydrogen) atoms. The number of amides is 2. The first-order valence-corrected chi connectivity index (χ1v) is 5.78. The summed E-state index contributed by atoms with van der Waals surface area (Å²) in [5.74, 6) is -0.0592. The van der Waals surface area contributed by atoms with Gasteiger partial charge in [0.05, 0.1) is 6.54 Å². The number of likely N-dealkylation sites (N-methyl/N-ethyl adjacent to an activating group) is 1. The van der Waals surface area contributed by atoms with Crippen LogP contribution in [0.2, 0.25) is 0 Å². The Labute approximate surface area is 97.6 Å². The van der Waals surface area contributed by atoms with Crippen LogP contribution in [-0.2, 0) is 9.59 Å². The largest absolute Gasteiger partial charge is 0.358 e. The van der Waals surface area contributed by atoms with Gasteiger partial charge in [-0.1, -0.05) is 6.92 Å². The number of nitrogens with one attached hydrogen (secondary N) is 2. The average Bonchev–Trinajstić information content (AvgIpc) is 2.28. The van der Waals surface area contributed by atoms with Crippen LogP contribution < -0.4 is 10.6 Å². The molecule has 0 saturated heterocycles. The van der Waals surface area contributed by atoms with Crippen molar-refractivity contribution in [3.05, 3.63) is 0 Å². The topological polar surface area (TPSA) is 61.4 Å². The summed E-state index contributed by atoms with van der Waals surface area (Å²) in [7, 11) is 3.44. The zero-order valence-electron chi connectivity index (χ0n) is 10.5. The fraction of sp³-hybridized carbons (Fsp3) is 0.818. The third-order valence-corrected chi connectivity index (χ3v) is 2.28. The van der Waals surface area contributed by atoms with Gasteiger partial charge in [0.1, 0.15) is 0 Å². The number of hydrogen-bond acceptors (Lipinski definition) is 3. The van der Waals surface area contributed by atoms with Gasteiger partial charge in [-0.15, -0.1) is 0 Å². The van der Waals surface area contributed by atoms with E-state index in [4.69, 9.17) is 0 Å². The number of carbonyl (C=O) groups is 2. The second-order valence-corrected chi connectivity index (χ2v) is 3.70. The molecule has 2 N–H and O–H groups in total. The minimum absolute atomic E-state index is 0.0562. The minimum Gasteiger partial charge on any atom is -0.358 e. The maximum absolute atomic E-state index is 11.8. The van der Waals surface area contributed by atoms with E-state index in [2.05, 4.69) is 10.6 Å². The van der Waals surface area contributed by atoms with Gasteiger partial charge >= 0.3 is 0 Å². The second kappa shape index (κ2) is 9.15.